The molecule has 8 aliphatic rings. The number of ether oxygens (including phenoxy) is 10. The number of hydrogen-bond donors (Lipinski definition) is 2. The standard InChI is InChI=1S/C28H31Cl2NO5.C28H31ClINO5.C28H32ClNO8S.C18H20ClNO4.H3N/c1-19-27(28(33)36-18-20-5-11-23(12-6-20)34-15-3-13-29)25(21-7-9-22(30)10-8-21)16-26(32)31(19)17-24-4-2-14-35-24;1-19-27(28(33)36-18-20-5-11-23(12-6-20)34-15-3-13-30)25(21-7-9-22(29)10-8-21)16-26(32)31(19)17-24-4-2-14-35-24;1-19-27(28(32)38-18-20-5-11-23(12-6-20)36-14-3-15-39(33,34)35)25(21-7-9-22(29)10-8-21)16-26(31)30(19)17-24-4-2-13-37-24;1-11-17(18(22)23)15(12-4-6-13(19)7-5-12)9-16(21)20(11)10-14-3-2-8-24-14;/h2*5-12,24-25H,2-4,13-18H2,1H3;5-12,24-25H,2-4,13-18H2,1H3,(H,33,34,35);4-7,14-15H,2-3,8-10H2,1H3,(H,22,23);1H3/t3*24-,25+;14-,15+;/m1111./s1. The number of benzene rings is 7. The molecule has 4 amide bonds. The van der Waals surface area contributed by atoms with Crippen molar-refractivity contribution in [2.45, 2.75) is 192 Å². The molecule has 15 rings (SSSR count). The zero-order chi connectivity index (χ0) is 96.2. The topological polar surface area (TPSA) is 356 Å². The lowest BCUT2D eigenvalue weighted by molar-refractivity contribution is -0.143. The van der Waals surface area contributed by atoms with Gasteiger partial charge in [-0.25, -0.2) is 27.6 Å². The highest BCUT2D eigenvalue weighted by molar-refractivity contribution is 14.1. The van der Waals surface area contributed by atoms with Crippen molar-refractivity contribution in [3.8, 4) is 17.2 Å². The number of carbonyl (C=O) groups excluding carboxylic acids is 7. The number of nitrogens with zero attached hydrogens (tertiary/aromatic N) is 4. The number of quaternary nitrogens is 1. The second kappa shape index (κ2) is 52.5. The van der Waals surface area contributed by atoms with Crippen LogP contribution in [0.2, 0.25) is 20.1 Å². The Morgan fingerprint density at radius 1 is 0.397 bits per heavy atom. The monoisotopic (exact) mass is 2100 g/mol. The third-order valence-corrected chi connectivity index (χ3v) is 27.5. The molecule has 4 fully saturated rings. The highest BCUT2D eigenvalue weighted by Crippen LogP contribution is 2.44. The van der Waals surface area contributed by atoms with E-state index in [4.69, 9.17) is 105 Å². The number of halogens is 6. The summed E-state index contributed by atoms with van der Waals surface area (Å²) in [6.07, 6.45) is 9.92. The Labute approximate surface area is 833 Å². The number of carbonyl (C=O) groups is 8. The highest BCUT2D eigenvalue weighted by atomic mass is 127. The number of aliphatic carboxylic acids is 1. The molecule has 7 aromatic carbocycles. The van der Waals surface area contributed by atoms with E-state index < -0.39 is 63.4 Å². The summed E-state index contributed by atoms with van der Waals surface area (Å²) in [5.74, 6) is -2.10. The summed E-state index contributed by atoms with van der Waals surface area (Å²) in [5.41, 5.74) is 9.79. The van der Waals surface area contributed by atoms with E-state index in [1.54, 1.807) is 118 Å². The van der Waals surface area contributed by atoms with Gasteiger partial charge in [0, 0.05) is 135 Å². The molecule has 0 unspecified atom stereocenters. The van der Waals surface area contributed by atoms with Crippen molar-refractivity contribution in [3.05, 3.63) is 274 Å². The van der Waals surface area contributed by atoms with E-state index in [1.807, 2.05) is 98.8 Å². The summed E-state index contributed by atoms with van der Waals surface area (Å²) in [6.45, 7) is 13.2. The number of rotatable bonds is 35. The number of alkyl halides is 2. The van der Waals surface area contributed by atoms with E-state index >= 15 is 0 Å². The van der Waals surface area contributed by atoms with Gasteiger partial charge in [-0.15, -0.1) is 11.6 Å². The van der Waals surface area contributed by atoms with Gasteiger partial charge in [0.25, 0.3) is 0 Å². The lowest BCUT2D eigenvalue weighted by atomic mass is 9.83. The van der Waals surface area contributed by atoms with Crippen LogP contribution in [0.15, 0.2) is 215 Å². The average Bonchev–Trinajstić information content (AvgIpc) is 0.996. The highest BCUT2D eigenvalue weighted by Gasteiger charge is 2.43. The van der Waals surface area contributed by atoms with Gasteiger partial charge in [0.15, 0.2) is 0 Å². The fraction of sp³-hybridized carbons (Fsp3) is 0.431. The predicted octanol–water partition coefficient (Wildman–Crippen LogP) is 19.7. The first-order valence-corrected chi connectivity index (χ1v) is 50.6. The van der Waals surface area contributed by atoms with E-state index in [1.165, 1.54) is 0 Å². The molecule has 8 heterocycles. The van der Waals surface area contributed by atoms with Crippen molar-refractivity contribution >= 4 is 138 Å². The van der Waals surface area contributed by atoms with Crippen LogP contribution >= 0.6 is 80.6 Å². The Morgan fingerprint density at radius 2 is 0.647 bits per heavy atom. The molecular weight excluding hydrogens is 1980 g/mol. The number of allylic oxidation sites excluding steroid dienone is 4. The number of carboxylic acid groups (broad SMARTS) is 1. The Kier molecular flexibility index (Phi) is 41.3. The summed E-state index contributed by atoms with van der Waals surface area (Å²) in [5, 5.41) is 12.1. The van der Waals surface area contributed by atoms with Gasteiger partial charge in [-0.05, 0) is 222 Å². The van der Waals surface area contributed by atoms with Crippen molar-refractivity contribution in [1.82, 2.24) is 25.8 Å². The van der Waals surface area contributed by atoms with Crippen LogP contribution < -0.4 is 20.4 Å². The van der Waals surface area contributed by atoms with Crippen molar-refractivity contribution in [2.24, 2.45) is 0 Å². The second-order valence-corrected chi connectivity index (χ2v) is 38.7. The van der Waals surface area contributed by atoms with Crippen LogP contribution in [0.4, 0.5) is 0 Å². The average molecular weight is 2100 g/mol. The molecule has 27 nitrogen and oxygen atoms in total. The molecule has 136 heavy (non-hydrogen) atoms. The maximum Gasteiger partial charge on any atom is 0.336 e. The van der Waals surface area contributed by atoms with E-state index in [2.05, 4.69) is 22.6 Å². The molecule has 0 spiro atoms. The summed E-state index contributed by atoms with van der Waals surface area (Å²) in [6, 6.07) is 50.5. The first kappa shape index (κ1) is 107. The van der Waals surface area contributed by atoms with Gasteiger partial charge in [-0.3, -0.25) is 19.2 Å². The lowest BCUT2D eigenvalue weighted by Crippen LogP contribution is -2.42. The molecular formula is C102H117Cl5IN5O22S. The van der Waals surface area contributed by atoms with Gasteiger partial charge in [0.2, 0.25) is 23.6 Å². The summed E-state index contributed by atoms with van der Waals surface area (Å²) in [7, 11) is -4.27. The zero-order valence-electron chi connectivity index (χ0n) is 76.9. The molecule has 8 atom stereocenters. The lowest BCUT2D eigenvalue weighted by Gasteiger charge is -2.35. The van der Waals surface area contributed by atoms with Crippen LogP contribution in [-0.2, 0) is 101 Å². The molecule has 0 radical (unpaired) electrons. The number of carboxylic acids is 1. The molecule has 0 aromatic heterocycles. The fourth-order valence-electron chi connectivity index (χ4n) is 17.5. The normalized spacial score (nSPS) is 20.7. The fourth-order valence-corrected chi connectivity index (χ4v) is 18.9. The largest absolute Gasteiger partial charge is 0.748 e. The third kappa shape index (κ3) is 30.5. The van der Waals surface area contributed by atoms with Crippen LogP contribution in [0, 0.1) is 0 Å². The van der Waals surface area contributed by atoms with Gasteiger partial charge in [0.1, 0.15) is 37.1 Å². The predicted molar refractivity (Wildman–Crippen MR) is 526 cm³/mol. The first-order valence-electron chi connectivity index (χ1n) is 45.5. The van der Waals surface area contributed by atoms with Crippen LogP contribution in [0.25, 0.3) is 0 Å². The van der Waals surface area contributed by atoms with E-state index in [9.17, 15) is 56.4 Å². The Balaban J connectivity index is 0.000000176. The van der Waals surface area contributed by atoms with Crippen molar-refractivity contribution in [2.75, 3.05) is 88.5 Å². The Bertz CT molecular complexity index is 5300. The van der Waals surface area contributed by atoms with Gasteiger partial charge in [0.05, 0.1) is 103 Å². The maximum absolute atomic E-state index is 13.5. The van der Waals surface area contributed by atoms with Gasteiger partial charge < -0.3 is 82.8 Å². The van der Waals surface area contributed by atoms with Gasteiger partial charge >= 0.3 is 23.9 Å². The molecule has 7 aromatic rings. The van der Waals surface area contributed by atoms with Crippen LogP contribution in [0.5, 0.6) is 17.2 Å². The quantitative estimate of drug-likeness (QED) is 0.00930. The molecule has 5 N–H and O–H groups in total. The molecule has 8 aliphatic heterocycles. The van der Waals surface area contributed by atoms with Gasteiger partial charge in [-0.1, -0.05) is 154 Å². The Hall–Kier alpha value is -9.45. The molecule has 34 heteroatoms. The Morgan fingerprint density at radius 3 is 0.882 bits per heavy atom. The minimum atomic E-state index is -4.27. The molecule has 0 saturated carbocycles. The number of amides is 4. The van der Waals surface area contributed by atoms with E-state index in [0.29, 0.717) is 137 Å². The van der Waals surface area contributed by atoms with Gasteiger partial charge in [-0.2, -0.15) is 0 Å². The van der Waals surface area contributed by atoms with Crippen LogP contribution in [-0.4, -0.2) is 198 Å². The van der Waals surface area contributed by atoms with E-state index in [0.717, 1.165) is 119 Å². The van der Waals surface area contributed by atoms with Crippen molar-refractivity contribution < 1.29 is 104 Å². The zero-order valence-corrected chi connectivity index (χ0v) is 83.7. The van der Waals surface area contributed by atoms with Crippen LogP contribution in [0.1, 0.15) is 187 Å². The SMILES string of the molecule is CC1=C(C(=O)O)[C@H](c2ccc(Cl)cc2)CC(=O)N1C[C@H]1CCCO1.CC1=C(C(=O)OCc2ccc(OCCCCl)cc2)[C@H](c2ccc(Cl)cc2)CC(=O)N1C[C@H]1CCCO1.CC1=C(C(=O)OCc2ccc(OCCCI)cc2)[C@H](c2ccc(Cl)cc2)CC(=O)N1C[C@H]1CCCO1.CC1=C(C(=O)OCc2ccc(OCCCS(=O)(=O)[O-])cc2)[C@H](c2ccc(Cl)cc2)CC(=O)N1C[C@H]1CCCO1.[NH4+]. The molecule has 0 bridgehead atoms. The summed E-state index contributed by atoms with van der Waals surface area (Å²) in [4.78, 5) is 111. The number of esters is 3. The summed E-state index contributed by atoms with van der Waals surface area (Å²) >= 11 is 32.2. The van der Waals surface area contributed by atoms with Crippen LogP contribution in [0.3, 0.4) is 0 Å². The maximum atomic E-state index is 13.5. The first-order chi connectivity index (χ1) is 65.0. The van der Waals surface area contributed by atoms with E-state index in [-0.39, 0.29) is 118 Å². The second-order valence-electron chi connectivity index (χ2n) is 34.0. The van der Waals surface area contributed by atoms with Crippen molar-refractivity contribution in [1.29, 1.82) is 0 Å². The summed E-state index contributed by atoms with van der Waals surface area (Å²) < 4.78 is 90.0. The molecule has 4 saturated heterocycles. The third-order valence-electron chi connectivity index (χ3n) is 24.7. The molecule has 0 aliphatic carbocycles. The minimum absolute atomic E-state index is 0. The number of hydrogen-bond acceptors (Lipinski definition) is 21. The van der Waals surface area contributed by atoms with Crippen molar-refractivity contribution in [3.63, 3.8) is 0 Å². The smallest absolute Gasteiger partial charge is 0.336 e. The minimum Gasteiger partial charge on any atom is -0.748 e. The molecule has 730 valence electrons.